The van der Waals surface area contributed by atoms with Crippen LogP contribution < -0.4 is 10.2 Å². The lowest BCUT2D eigenvalue weighted by Crippen LogP contribution is -2.62. The van der Waals surface area contributed by atoms with Crippen molar-refractivity contribution in [2.75, 3.05) is 44.3 Å². The highest BCUT2D eigenvalue weighted by atomic mass is 16.5. The van der Waals surface area contributed by atoms with Crippen LogP contribution in [0.3, 0.4) is 0 Å². The first-order chi connectivity index (χ1) is 14.2. The van der Waals surface area contributed by atoms with Gasteiger partial charge in [0.15, 0.2) is 5.76 Å². The van der Waals surface area contributed by atoms with Crippen molar-refractivity contribution in [3.8, 4) is 11.3 Å². The summed E-state index contributed by atoms with van der Waals surface area (Å²) in [6.07, 6.45) is 2.35. The summed E-state index contributed by atoms with van der Waals surface area (Å²) in [5, 5.41) is 3.24. The summed E-state index contributed by atoms with van der Waals surface area (Å²) in [6.45, 7) is 7.92. The predicted octanol–water partition coefficient (Wildman–Crippen LogP) is 3.00. The molecule has 4 fully saturated rings. The number of rotatable bonds is 4. The molecule has 2 atom stereocenters. The van der Waals surface area contributed by atoms with Crippen molar-refractivity contribution < 1.29 is 13.9 Å². The lowest BCUT2D eigenvalue weighted by Gasteiger charge is -2.49. The third kappa shape index (κ3) is 3.67. The zero-order valence-electron chi connectivity index (χ0n) is 17.0. The van der Waals surface area contributed by atoms with Crippen LogP contribution >= 0.6 is 0 Å². The number of benzene rings is 1. The number of hydrogen-bond acceptors (Lipinski definition) is 5. The molecule has 6 rings (SSSR count). The molecular weight excluding hydrogens is 366 g/mol. The number of carbonyl (C=O) groups excluding carboxylic acids is 1. The molecule has 2 bridgehead atoms. The molecule has 1 aromatic carbocycles. The van der Waals surface area contributed by atoms with E-state index in [-0.39, 0.29) is 11.9 Å². The van der Waals surface area contributed by atoms with E-state index >= 15 is 0 Å². The van der Waals surface area contributed by atoms with Gasteiger partial charge in [-0.2, -0.15) is 0 Å². The Morgan fingerprint density at radius 3 is 2.41 bits per heavy atom. The normalized spacial score (nSPS) is 29.1. The van der Waals surface area contributed by atoms with Gasteiger partial charge in [-0.3, -0.25) is 9.69 Å². The fourth-order valence-corrected chi connectivity index (χ4v) is 5.04. The molecule has 0 saturated carbocycles. The zero-order chi connectivity index (χ0) is 19.8. The minimum atomic E-state index is -0.105. The molecular formula is C23H29N3O3. The summed E-state index contributed by atoms with van der Waals surface area (Å²) < 4.78 is 11.3. The van der Waals surface area contributed by atoms with Gasteiger partial charge in [-0.25, -0.2) is 0 Å². The van der Waals surface area contributed by atoms with Crippen molar-refractivity contribution in [1.82, 2.24) is 10.2 Å². The Hall–Kier alpha value is -2.31. The van der Waals surface area contributed by atoms with Crippen LogP contribution in [-0.2, 0) is 4.74 Å². The number of furan rings is 1. The highest BCUT2D eigenvalue weighted by Gasteiger charge is 2.40. The molecule has 0 aliphatic carbocycles. The number of morpholine rings is 1. The van der Waals surface area contributed by atoms with Gasteiger partial charge in [0.1, 0.15) is 5.76 Å². The summed E-state index contributed by atoms with van der Waals surface area (Å²) in [4.78, 5) is 17.6. The first kappa shape index (κ1) is 18.7. The summed E-state index contributed by atoms with van der Waals surface area (Å²) >= 11 is 0. The summed E-state index contributed by atoms with van der Waals surface area (Å²) in [5.41, 5.74) is 2.18. The van der Waals surface area contributed by atoms with E-state index in [1.54, 1.807) is 6.07 Å². The van der Waals surface area contributed by atoms with Gasteiger partial charge in [0.05, 0.1) is 13.2 Å². The van der Waals surface area contributed by atoms with Gasteiger partial charge in [0.25, 0.3) is 5.91 Å². The number of carbonyl (C=O) groups is 1. The van der Waals surface area contributed by atoms with E-state index < -0.39 is 0 Å². The van der Waals surface area contributed by atoms with Crippen molar-refractivity contribution in [3.05, 3.63) is 42.2 Å². The van der Waals surface area contributed by atoms with E-state index in [4.69, 9.17) is 9.15 Å². The van der Waals surface area contributed by atoms with Crippen LogP contribution in [0.2, 0.25) is 0 Å². The maximum atomic E-state index is 12.8. The van der Waals surface area contributed by atoms with Crippen molar-refractivity contribution in [2.45, 2.75) is 31.8 Å². The van der Waals surface area contributed by atoms with Crippen LogP contribution in [0.4, 0.5) is 5.69 Å². The van der Waals surface area contributed by atoms with Crippen LogP contribution in [0.5, 0.6) is 0 Å². The van der Waals surface area contributed by atoms with Gasteiger partial charge in [-0.05, 0) is 75.2 Å². The Bertz CT molecular complexity index is 847. The van der Waals surface area contributed by atoms with E-state index in [9.17, 15) is 4.79 Å². The number of ether oxygens (including phenoxy) is 1. The molecule has 5 heterocycles. The second-order valence-corrected chi connectivity index (χ2v) is 8.42. The lowest BCUT2D eigenvalue weighted by atomic mass is 9.79. The molecule has 6 nitrogen and oxygen atoms in total. The van der Waals surface area contributed by atoms with Crippen LogP contribution in [-0.4, -0.2) is 62.3 Å². The summed E-state index contributed by atoms with van der Waals surface area (Å²) in [6, 6.07) is 12.6. The number of piperidine rings is 3. The molecule has 4 saturated heterocycles. The van der Waals surface area contributed by atoms with E-state index in [0.29, 0.717) is 17.7 Å². The molecule has 6 heteroatoms. The highest BCUT2D eigenvalue weighted by molar-refractivity contribution is 5.92. The van der Waals surface area contributed by atoms with Crippen LogP contribution in [0.15, 0.2) is 40.8 Å². The predicted molar refractivity (Wildman–Crippen MR) is 112 cm³/mol. The van der Waals surface area contributed by atoms with E-state index in [0.717, 1.165) is 50.7 Å². The Morgan fingerprint density at radius 1 is 1.00 bits per heavy atom. The first-order valence-corrected chi connectivity index (χ1v) is 10.8. The molecule has 29 heavy (non-hydrogen) atoms. The van der Waals surface area contributed by atoms with E-state index in [1.807, 2.05) is 6.07 Å². The monoisotopic (exact) mass is 395 g/mol. The largest absolute Gasteiger partial charge is 0.451 e. The number of nitrogens with one attached hydrogen (secondary N) is 1. The molecule has 154 valence electrons. The number of fused-ring (bicyclic) bond motifs is 3. The highest BCUT2D eigenvalue weighted by Crippen LogP contribution is 2.32. The minimum absolute atomic E-state index is 0.105. The molecule has 0 radical (unpaired) electrons. The van der Waals surface area contributed by atoms with E-state index in [1.165, 1.54) is 18.5 Å². The zero-order valence-corrected chi connectivity index (χ0v) is 17.0. The molecule has 1 aromatic heterocycles. The van der Waals surface area contributed by atoms with Crippen molar-refractivity contribution in [2.24, 2.45) is 5.92 Å². The molecule has 4 aliphatic heterocycles. The van der Waals surface area contributed by atoms with Gasteiger partial charge >= 0.3 is 0 Å². The molecule has 1 N–H and O–H groups in total. The number of nitrogens with zero attached hydrogens (tertiary/aromatic N) is 2. The topological polar surface area (TPSA) is 58.0 Å². The Morgan fingerprint density at radius 2 is 1.72 bits per heavy atom. The number of hydrogen-bond donors (Lipinski definition) is 1. The average Bonchev–Trinajstić information content (AvgIpc) is 3.28. The van der Waals surface area contributed by atoms with Crippen LogP contribution in [0, 0.1) is 5.92 Å². The Kier molecular flexibility index (Phi) is 5.06. The molecule has 1 amide bonds. The fourth-order valence-electron chi connectivity index (χ4n) is 5.04. The van der Waals surface area contributed by atoms with E-state index in [2.05, 4.69) is 46.3 Å². The van der Waals surface area contributed by atoms with Crippen LogP contribution in [0.25, 0.3) is 11.3 Å². The lowest BCUT2D eigenvalue weighted by molar-refractivity contribution is 0.0211. The minimum Gasteiger partial charge on any atom is -0.451 e. The number of amides is 1. The van der Waals surface area contributed by atoms with Gasteiger partial charge in [0.2, 0.25) is 0 Å². The number of anilines is 1. The van der Waals surface area contributed by atoms with Crippen molar-refractivity contribution in [3.63, 3.8) is 0 Å². The SMILES string of the molecule is C[C@H]1[C@H](NC(=O)c2ccc(-c3ccc(N4CCOCC4)cc3)o2)C2CCN1CC2. The van der Waals surface area contributed by atoms with Gasteiger partial charge in [0, 0.05) is 36.4 Å². The van der Waals surface area contributed by atoms with Gasteiger partial charge in [-0.15, -0.1) is 0 Å². The maximum Gasteiger partial charge on any atom is 0.287 e. The third-order valence-electron chi connectivity index (χ3n) is 6.83. The smallest absolute Gasteiger partial charge is 0.287 e. The third-order valence-corrected chi connectivity index (χ3v) is 6.83. The van der Waals surface area contributed by atoms with Gasteiger partial charge < -0.3 is 19.4 Å². The molecule has 0 unspecified atom stereocenters. The second kappa shape index (κ2) is 7.84. The second-order valence-electron chi connectivity index (χ2n) is 8.42. The van der Waals surface area contributed by atoms with Gasteiger partial charge in [-0.1, -0.05) is 0 Å². The average molecular weight is 396 g/mol. The molecule has 4 aliphatic rings. The standard InChI is InChI=1S/C23H29N3O3/c1-16-22(18-8-10-25(16)11-9-18)24-23(27)21-7-6-20(29-21)17-2-4-19(5-3-17)26-12-14-28-15-13-26/h2-7,16,18,22H,8-15H2,1H3,(H,24,27)/t16-,22-/m0/s1. The molecule has 0 spiro atoms. The maximum absolute atomic E-state index is 12.8. The van der Waals surface area contributed by atoms with Crippen LogP contribution in [0.1, 0.15) is 30.3 Å². The fraction of sp³-hybridized carbons (Fsp3) is 0.522. The summed E-state index contributed by atoms with van der Waals surface area (Å²) in [5.74, 6) is 1.60. The quantitative estimate of drug-likeness (QED) is 0.863. The summed E-state index contributed by atoms with van der Waals surface area (Å²) in [7, 11) is 0. The first-order valence-electron chi connectivity index (χ1n) is 10.8. The van der Waals surface area contributed by atoms with Crippen molar-refractivity contribution >= 4 is 11.6 Å². The Balaban J connectivity index is 1.26. The Labute approximate surface area is 171 Å². The molecule has 2 aromatic rings. The van der Waals surface area contributed by atoms with Crippen molar-refractivity contribution in [1.29, 1.82) is 0 Å².